The Bertz CT molecular complexity index is 683. The van der Waals surface area contributed by atoms with Crippen LogP contribution in [-0.4, -0.2) is 26.2 Å². The van der Waals surface area contributed by atoms with Crippen LogP contribution in [0.2, 0.25) is 0 Å². The molecule has 0 amide bonds. The molecular weight excluding hydrogens is 330 g/mol. The third-order valence-corrected chi connectivity index (χ3v) is 5.82. The third kappa shape index (κ3) is 4.83. The highest BCUT2D eigenvalue weighted by Crippen LogP contribution is 2.33. The molecule has 5 heteroatoms. The van der Waals surface area contributed by atoms with Crippen LogP contribution in [0.1, 0.15) is 34.8 Å². The van der Waals surface area contributed by atoms with Gasteiger partial charge in [-0.1, -0.05) is 37.3 Å². The van der Waals surface area contributed by atoms with Crippen LogP contribution in [0.25, 0.3) is 0 Å². The number of rotatable bonds is 6. The Morgan fingerprint density at radius 3 is 2.68 bits per heavy atom. The molecule has 0 saturated carbocycles. The standard InChI is InChI=1S/C20H27N3OS/c1-3-17-9-10-18(25-17)14-23-20(21-2)22-13-16-11-12-24-19(16)15-7-5-4-6-8-15/h4-10,16,19H,3,11-14H2,1-2H3,(H2,21,22,23). The highest BCUT2D eigenvalue weighted by atomic mass is 32.1. The SMILES string of the molecule is CCc1ccc(CNC(=NC)NCC2CCOC2c2ccccc2)s1. The monoisotopic (exact) mass is 357 g/mol. The number of aliphatic imine (C=N–C) groups is 1. The molecule has 1 aromatic heterocycles. The summed E-state index contributed by atoms with van der Waals surface area (Å²) >= 11 is 1.86. The first kappa shape index (κ1) is 18.0. The molecule has 2 heterocycles. The molecule has 3 rings (SSSR count). The zero-order chi connectivity index (χ0) is 17.5. The summed E-state index contributed by atoms with van der Waals surface area (Å²) < 4.78 is 5.96. The first-order valence-electron chi connectivity index (χ1n) is 8.98. The lowest BCUT2D eigenvalue weighted by Crippen LogP contribution is -2.39. The van der Waals surface area contributed by atoms with Crippen molar-refractivity contribution in [2.24, 2.45) is 10.9 Å². The predicted molar refractivity (Wildman–Crippen MR) is 105 cm³/mol. The zero-order valence-electron chi connectivity index (χ0n) is 15.0. The smallest absolute Gasteiger partial charge is 0.191 e. The molecule has 2 N–H and O–H groups in total. The van der Waals surface area contributed by atoms with Crippen LogP contribution < -0.4 is 10.6 Å². The first-order valence-corrected chi connectivity index (χ1v) is 9.80. The summed E-state index contributed by atoms with van der Waals surface area (Å²) in [5.41, 5.74) is 1.26. The minimum Gasteiger partial charge on any atom is -0.373 e. The zero-order valence-corrected chi connectivity index (χ0v) is 15.8. The fraction of sp³-hybridized carbons (Fsp3) is 0.450. The largest absolute Gasteiger partial charge is 0.373 e. The molecule has 1 fully saturated rings. The van der Waals surface area contributed by atoms with E-state index >= 15 is 0 Å². The van der Waals surface area contributed by atoms with E-state index in [4.69, 9.17) is 4.74 Å². The molecule has 1 saturated heterocycles. The fourth-order valence-electron chi connectivity index (χ4n) is 3.18. The summed E-state index contributed by atoms with van der Waals surface area (Å²) in [7, 11) is 1.82. The summed E-state index contributed by atoms with van der Waals surface area (Å²) in [6, 6.07) is 14.9. The van der Waals surface area contributed by atoms with E-state index in [1.54, 1.807) is 0 Å². The number of nitrogens with one attached hydrogen (secondary N) is 2. The van der Waals surface area contributed by atoms with Crippen LogP contribution in [0.4, 0.5) is 0 Å². The van der Waals surface area contributed by atoms with E-state index in [-0.39, 0.29) is 6.10 Å². The summed E-state index contributed by atoms with van der Waals surface area (Å²) in [6.45, 7) is 4.70. The maximum atomic E-state index is 5.96. The van der Waals surface area contributed by atoms with Gasteiger partial charge in [-0.15, -0.1) is 11.3 Å². The van der Waals surface area contributed by atoms with Gasteiger partial charge in [0.25, 0.3) is 0 Å². The number of aryl methyl sites for hydroxylation is 1. The summed E-state index contributed by atoms with van der Waals surface area (Å²) in [5, 5.41) is 6.88. The lowest BCUT2D eigenvalue weighted by molar-refractivity contribution is 0.0915. The average Bonchev–Trinajstić information content (AvgIpc) is 3.31. The Hall–Kier alpha value is -1.85. The van der Waals surface area contributed by atoms with Crippen molar-refractivity contribution >= 4 is 17.3 Å². The van der Waals surface area contributed by atoms with Gasteiger partial charge in [0.2, 0.25) is 0 Å². The van der Waals surface area contributed by atoms with Gasteiger partial charge in [-0.25, -0.2) is 0 Å². The molecule has 1 aliphatic rings. The molecule has 1 aliphatic heterocycles. The van der Waals surface area contributed by atoms with Gasteiger partial charge >= 0.3 is 0 Å². The second kappa shape index (κ2) is 9.02. The van der Waals surface area contributed by atoms with Crippen LogP contribution in [0.15, 0.2) is 47.5 Å². The topological polar surface area (TPSA) is 45.7 Å². The first-order chi connectivity index (χ1) is 12.3. The summed E-state index contributed by atoms with van der Waals surface area (Å²) in [5.74, 6) is 1.32. The minimum atomic E-state index is 0.177. The van der Waals surface area contributed by atoms with Gasteiger partial charge in [-0.05, 0) is 30.5 Å². The Kier molecular flexibility index (Phi) is 6.48. The number of benzene rings is 1. The Labute approximate surface area is 154 Å². The molecule has 0 radical (unpaired) electrons. The minimum absolute atomic E-state index is 0.177. The quantitative estimate of drug-likeness (QED) is 0.611. The Balaban J connectivity index is 1.50. The van der Waals surface area contributed by atoms with Crippen LogP contribution in [0.3, 0.4) is 0 Å². The maximum Gasteiger partial charge on any atom is 0.191 e. The van der Waals surface area contributed by atoms with Gasteiger partial charge in [0.1, 0.15) is 0 Å². The van der Waals surface area contributed by atoms with Gasteiger partial charge in [0.15, 0.2) is 5.96 Å². The van der Waals surface area contributed by atoms with Gasteiger partial charge in [0, 0.05) is 35.9 Å². The normalized spacial score (nSPS) is 20.6. The van der Waals surface area contributed by atoms with E-state index in [0.29, 0.717) is 5.92 Å². The number of hydrogen-bond acceptors (Lipinski definition) is 3. The molecule has 2 unspecified atom stereocenters. The van der Waals surface area contributed by atoms with Crippen molar-refractivity contribution in [2.75, 3.05) is 20.2 Å². The number of guanidine groups is 1. The van der Waals surface area contributed by atoms with Crippen molar-refractivity contribution in [3.05, 3.63) is 57.8 Å². The van der Waals surface area contributed by atoms with Gasteiger partial charge in [0.05, 0.1) is 12.6 Å². The Morgan fingerprint density at radius 2 is 1.96 bits per heavy atom. The van der Waals surface area contributed by atoms with Crippen LogP contribution in [0.5, 0.6) is 0 Å². The predicted octanol–water partition coefficient (Wildman–Crippen LogP) is 3.75. The number of nitrogens with zero attached hydrogens (tertiary/aromatic N) is 1. The highest BCUT2D eigenvalue weighted by molar-refractivity contribution is 7.11. The molecule has 4 nitrogen and oxygen atoms in total. The molecule has 1 aromatic carbocycles. The summed E-state index contributed by atoms with van der Waals surface area (Å²) in [4.78, 5) is 7.11. The fourth-order valence-corrected chi connectivity index (χ4v) is 4.08. The molecular formula is C20H27N3OS. The molecule has 25 heavy (non-hydrogen) atoms. The van der Waals surface area contributed by atoms with Crippen molar-refractivity contribution in [3.63, 3.8) is 0 Å². The number of hydrogen-bond donors (Lipinski definition) is 2. The van der Waals surface area contributed by atoms with Gasteiger partial charge < -0.3 is 15.4 Å². The number of thiophene rings is 1. The van der Waals surface area contributed by atoms with E-state index in [2.05, 4.69) is 58.9 Å². The van der Waals surface area contributed by atoms with E-state index in [0.717, 1.165) is 38.5 Å². The van der Waals surface area contributed by atoms with E-state index in [1.807, 2.05) is 24.5 Å². The maximum absolute atomic E-state index is 5.96. The molecule has 134 valence electrons. The summed E-state index contributed by atoms with van der Waals surface area (Å²) in [6.07, 6.45) is 2.35. The van der Waals surface area contributed by atoms with Crippen molar-refractivity contribution in [1.29, 1.82) is 0 Å². The van der Waals surface area contributed by atoms with Crippen molar-refractivity contribution < 1.29 is 4.74 Å². The third-order valence-electron chi connectivity index (χ3n) is 4.59. The second-order valence-corrected chi connectivity index (χ2v) is 7.53. The highest BCUT2D eigenvalue weighted by Gasteiger charge is 2.29. The molecule has 0 aliphatic carbocycles. The lowest BCUT2D eigenvalue weighted by atomic mass is 9.95. The van der Waals surface area contributed by atoms with Crippen LogP contribution in [-0.2, 0) is 17.7 Å². The number of ether oxygens (including phenoxy) is 1. The van der Waals surface area contributed by atoms with Crippen molar-refractivity contribution in [1.82, 2.24) is 10.6 Å². The second-order valence-electron chi connectivity index (χ2n) is 6.28. The van der Waals surface area contributed by atoms with E-state index in [1.165, 1.54) is 15.3 Å². The van der Waals surface area contributed by atoms with Crippen LogP contribution >= 0.6 is 11.3 Å². The molecule has 2 aromatic rings. The van der Waals surface area contributed by atoms with E-state index in [9.17, 15) is 0 Å². The van der Waals surface area contributed by atoms with Crippen molar-refractivity contribution in [2.45, 2.75) is 32.4 Å². The molecule has 0 spiro atoms. The van der Waals surface area contributed by atoms with Gasteiger partial charge in [-0.3, -0.25) is 4.99 Å². The Morgan fingerprint density at radius 1 is 1.16 bits per heavy atom. The van der Waals surface area contributed by atoms with Crippen LogP contribution in [0, 0.1) is 5.92 Å². The van der Waals surface area contributed by atoms with Gasteiger partial charge in [-0.2, -0.15) is 0 Å². The lowest BCUT2D eigenvalue weighted by Gasteiger charge is -2.20. The molecule has 0 bridgehead atoms. The molecule has 2 atom stereocenters. The average molecular weight is 358 g/mol. The van der Waals surface area contributed by atoms with E-state index < -0.39 is 0 Å². The van der Waals surface area contributed by atoms with Crippen molar-refractivity contribution in [3.8, 4) is 0 Å².